The normalized spacial score (nSPS) is 15.1. The molecule has 0 rings (SSSR count). The van der Waals surface area contributed by atoms with E-state index in [-0.39, 0.29) is 5.97 Å². The summed E-state index contributed by atoms with van der Waals surface area (Å²) in [5.74, 6) is 0.230. The van der Waals surface area contributed by atoms with Gasteiger partial charge >= 0.3 is 5.97 Å². The molecule has 0 aliphatic heterocycles. The first-order valence-electron chi connectivity index (χ1n) is 5.37. The fourth-order valence-corrected chi connectivity index (χ4v) is 1.60. The van der Waals surface area contributed by atoms with Crippen molar-refractivity contribution in [3.8, 4) is 0 Å². The molecule has 1 atom stereocenters. The zero-order valence-corrected chi connectivity index (χ0v) is 10.2. The zero-order valence-electron chi connectivity index (χ0n) is 10.2. The predicted molar refractivity (Wildman–Crippen MR) is 59.6 cm³/mol. The summed E-state index contributed by atoms with van der Waals surface area (Å²) in [4.78, 5) is 10.8. The van der Waals surface area contributed by atoms with Gasteiger partial charge in [0.05, 0.1) is 19.1 Å². The minimum atomic E-state index is -0.704. The first-order chi connectivity index (χ1) is 6.87. The van der Waals surface area contributed by atoms with Crippen LogP contribution in [-0.2, 0) is 9.53 Å². The maximum Gasteiger partial charge on any atom is 0.306 e. The summed E-state index contributed by atoms with van der Waals surface area (Å²) in [5, 5.41) is 13.0. The molecular formula is C11H23NO3. The minimum absolute atomic E-state index is 0.231. The first-order valence-corrected chi connectivity index (χ1v) is 5.37. The van der Waals surface area contributed by atoms with E-state index in [1.165, 1.54) is 7.11 Å². The molecule has 0 amide bonds. The largest absolute Gasteiger partial charge is 0.469 e. The van der Waals surface area contributed by atoms with Crippen LogP contribution in [0.4, 0.5) is 0 Å². The number of nitrogens with one attached hydrogen (secondary N) is 1. The lowest BCUT2D eigenvalue weighted by atomic mass is 9.94. The molecule has 0 aromatic heterocycles. The Hall–Kier alpha value is -0.610. The van der Waals surface area contributed by atoms with Crippen LogP contribution in [0.1, 0.15) is 33.6 Å². The summed E-state index contributed by atoms with van der Waals surface area (Å²) < 4.78 is 4.51. The highest BCUT2D eigenvalue weighted by molar-refractivity contribution is 5.69. The van der Waals surface area contributed by atoms with Gasteiger partial charge in [-0.25, -0.2) is 0 Å². The van der Waals surface area contributed by atoms with E-state index in [0.29, 0.717) is 25.4 Å². The molecule has 0 aliphatic carbocycles. The van der Waals surface area contributed by atoms with Gasteiger partial charge in [0.1, 0.15) is 0 Å². The van der Waals surface area contributed by atoms with Crippen LogP contribution in [0.25, 0.3) is 0 Å². The predicted octanol–water partition coefficient (Wildman–Crippen LogP) is 0.936. The maximum absolute atomic E-state index is 10.8. The maximum atomic E-state index is 10.8. The number of methoxy groups -OCH3 is 1. The molecule has 0 saturated heterocycles. The SMILES string of the molecule is COC(=O)CCNCC(C)(O)CC(C)C. The molecule has 0 aromatic carbocycles. The number of hydrogen-bond acceptors (Lipinski definition) is 4. The second-order valence-electron chi connectivity index (χ2n) is 4.60. The molecule has 4 heteroatoms. The van der Waals surface area contributed by atoms with Gasteiger partial charge in [0.15, 0.2) is 0 Å². The Balaban J connectivity index is 3.61. The van der Waals surface area contributed by atoms with Crippen molar-refractivity contribution in [1.29, 1.82) is 0 Å². The number of aliphatic hydroxyl groups is 1. The lowest BCUT2D eigenvalue weighted by molar-refractivity contribution is -0.140. The second kappa shape index (κ2) is 6.80. The molecule has 1 unspecified atom stereocenters. The van der Waals surface area contributed by atoms with Crippen LogP contribution in [0.3, 0.4) is 0 Å². The van der Waals surface area contributed by atoms with Gasteiger partial charge in [-0.05, 0) is 19.3 Å². The molecule has 0 spiro atoms. The molecule has 0 radical (unpaired) electrons. The molecule has 2 N–H and O–H groups in total. The quantitative estimate of drug-likeness (QED) is 0.492. The highest BCUT2D eigenvalue weighted by Gasteiger charge is 2.20. The Morgan fingerprint density at radius 2 is 2.13 bits per heavy atom. The lowest BCUT2D eigenvalue weighted by Crippen LogP contribution is -2.39. The molecule has 15 heavy (non-hydrogen) atoms. The van der Waals surface area contributed by atoms with Crippen molar-refractivity contribution >= 4 is 5.97 Å². The van der Waals surface area contributed by atoms with Gasteiger partial charge in [0.25, 0.3) is 0 Å². The third kappa shape index (κ3) is 8.39. The van der Waals surface area contributed by atoms with E-state index in [9.17, 15) is 9.90 Å². The number of ether oxygens (including phenoxy) is 1. The van der Waals surface area contributed by atoms with Crippen molar-refractivity contribution in [2.24, 2.45) is 5.92 Å². The average molecular weight is 217 g/mol. The molecular weight excluding hydrogens is 194 g/mol. The molecule has 90 valence electrons. The van der Waals surface area contributed by atoms with Crippen molar-refractivity contribution in [3.05, 3.63) is 0 Å². The van der Waals surface area contributed by atoms with Crippen LogP contribution in [-0.4, -0.2) is 36.9 Å². The number of rotatable bonds is 7. The number of carbonyl (C=O) groups excluding carboxylic acids is 1. The van der Waals surface area contributed by atoms with E-state index >= 15 is 0 Å². The summed E-state index contributed by atoms with van der Waals surface area (Å²) in [6.45, 7) is 6.99. The van der Waals surface area contributed by atoms with Crippen LogP contribution in [0.15, 0.2) is 0 Å². The number of esters is 1. The van der Waals surface area contributed by atoms with Crippen molar-refractivity contribution < 1.29 is 14.6 Å². The Bertz CT molecular complexity index is 190. The van der Waals surface area contributed by atoms with E-state index in [1.807, 2.05) is 0 Å². The van der Waals surface area contributed by atoms with Crippen molar-refractivity contribution in [2.45, 2.75) is 39.2 Å². The van der Waals surface area contributed by atoms with E-state index in [2.05, 4.69) is 23.9 Å². The average Bonchev–Trinajstić information content (AvgIpc) is 2.10. The topological polar surface area (TPSA) is 58.6 Å². The molecule has 4 nitrogen and oxygen atoms in total. The van der Waals surface area contributed by atoms with Crippen LogP contribution < -0.4 is 5.32 Å². The summed E-state index contributed by atoms with van der Waals surface area (Å²) in [5.41, 5.74) is -0.704. The summed E-state index contributed by atoms with van der Waals surface area (Å²) in [6.07, 6.45) is 1.09. The third-order valence-corrected chi connectivity index (χ3v) is 2.09. The van der Waals surface area contributed by atoms with Crippen LogP contribution in [0.2, 0.25) is 0 Å². The summed E-state index contributed by atoms with van der Waals surface area (Å²) in [7, 11) is 1.37. The third-order valence-electron chi connectivity index (χ3n) is 2.09. The number of carbonyl (C=O) groups is 1. The Morgan fingerprint density at radius 1 is 1.53 bits per heavy atom. The minimum Gasteiger partial charge on any atom is -0.469 e. The van der Waals surface area contributed by atoms with Crippen LogP contribution in [0.5, 0.6) is 0 Å². The zero-order chi connectivity index (χ0) is 11.9. The Labute approximate surface area is 92.0 Å². The van der Waals surface area contributed by atoms with Gasteiger partial charge in [0.2, 0.25) is 0 Å². The Kier molecular flexibility index (Phi) is 6.52. The van der Waals surface area contributed by atoms with E-state index in [0.717, 1.165) is 6.42 Å². The van der Waals surface area contributed by atoms with Gasteiger partial charge in [-0.1, -0.05) is 13.8 Å². The molecule has 0 fully saturated rings. The highest BCUT2D eigenvalue weighted by Crippen LogP contribution is 2.14. The van der Waals surface area contributed by atoms with E-state index < -0.39 is 5.60 Å². The van der Waals surface area contributed by atoms with Crippen LogP contribution in [0, 0.1) is 5.92 Å². The summed E-state index contributed by atoms with van der Waals surface area (Å²) in [6, 6.07) is 0. The lowest BCUT2D eigenvalue weighted by Gasteiger charge is -2.25. The van der Waals surface area contributed by atoms with Crippen LogP contribution >= 0.6 is 0 Å². The fourth-order valence-electron chi connectivity index (χ4n) is 1.60. The van der Waals surface area contributed by atoms with E-state index in [4.69, 9.17) is 0 Å². The molecule has 0 bridgehead atoms. The van der Waals surface area contributed by atoms with Crippen molar-refractivity contribution in [3.63, 3.8) is 0 Å². The van der Waals surface area contributed by atoms with Gasteiger partial charge in [-0.15, -0.1) is 0 Å². The fraction of sp³-hybridized carbons (Fsp3) is 0.909. The standard InChI is InChI=1S/C11H23NO3/c1-9(2)7-11(3,14)8-12-6-5-10(13)15-4/h9,12,14H,5-8H2,1-4H3. The van der Waals surface area contributed by atoms with Gasteiger partial charge < -0.3 is 15.2 Å². The highest BCUT2D eigenvalue weighted by atomic mass is 16.5. The molecule has 0 heterocycles. The number of hydrogen-bond donors (Lipinski definition) is 2. The second-order valence-corrected chi connectivity index (χ2v) is 4.60. The smallest absolute Gasteiger partial charge is 0.306 e. The summed E-state index contributed by atoms with van der Waals surface area (Å²) >= 11 is 0. The monoisotopic (exact) mass is 217 g/mol. The molecule has 0 saturated carbocycles. The van der Waals surface area contributed by atoms with Gasteiger partial charge in [-0.3, -0.25) is 4.79 Å². The molecule has 0 aromatic rings. The Morgan fingerprint density at radius 3 is 2.60 bits per heavy atom. The first kappa shape index (κ1) is 14.4. The van der Waals surface area contributed by atoms with Crippen molar-refractivity contribution in [2.75, 3.05) is 20.2 Å². The van der Waals surface area contributed by atoms with Gasteiger partial charge in [-0.2, -0.15) is 0 Å². The van der Waals surface area contributed by atoms with E-state index in [1.54, 1.807) is 6.92 Å². The van der Waals surface area contributed by atoms with Crippen molar-refractivity contribution in [1.82, 2.24) is 5.32 Å². The van der Waals surface area contributed by atoms with Gasteiger partial charge in [0, 0.05) is 13.1 Å². The molecule has 0 aliphatic rings.